The highest BCUT2D eigenvalue weighted by molar-refractivity contribution is 5.94. The van der Waals surface area contributed by atoms with Gasteiger partial charge in [0.15, 0.2) is 0 Å². The molecule has 94 valence electrons. The highest BCUT2D eigenvalue weighted by Crippen LogP contribution is 2.08. The highest BCUT2D eigenvalue weighted by Gasteiger charge is 2.08. The van der Waals surface area contributed by atoms with Crippen LogP contribution in [-0.4, -0.2) is 26.7 Å². The van der Waals surface area contributed by atoms with Crippen molar-refractivity contribution in [3.8, 4) is 5.69 Å². The van der Waals surface area contributed by atoms with Crippen LogP contribution in [0.15, 0.2) is 36.9 Å². The largest absolute Gasteiger partial charge is 0.350 e. The molecule has 1 aromatic carbocycles. The lowest BCUT2D eigenvalue weighted by atomic mass is 10.1. The quantitative estimate of drug-likeness (QED) is 0.892. The van der Waals surface area contributed by atoms with Crippen molar-refractivity contribution in [2.45, 2.75) is 26.3 Å². The lowest BCUT2D eigenvalue weighted by Crippen LogP contribution is -2.31. The number of hydrogen-bond donors (Lipinski definition) is 1. The molecule has 1 atom stereocenters. The number of nitrogens with one attached hydrogen (secondary N) is 1. The molecule has 0 spiro atoms. The van der Waals surface area contributed by atoms with E-state index in [1.165, 1.54) is 6.33 Å². The van der Waals surface area contributed by atoms with Gasteiger partial charge < -0.3 is 5.32 Å². The van der Waals surface area contributed by atoms with Crippen molar-refractivity contribution in [3.05, 3.63) is 42.5 Å². The van der Waals surface area contributed by atoms with Crippen LogP contribution in [0.2, 0.25) is 0 Å². The van der Waals surface area contributed by atoms with E-state index >= 15 is 0 Å². The van der Waals surface area contributed by atoms with Gasteiger partial charge in [0.05, 0.1) is 5.69 Å². The minimum absolute atomic E-state index is 0.0468. The van der Waals surface area contributed by atoms with Gasteiger partial charge in [-0.15, -0.1) is 0 Å². The summed E-state index contributed by atoms with van der Waals surface area (Å²) in [6.07, 6.45) is 4.01. The first-order chi connectivity index (χ1) is 8.70. The van der Waals surface area contributed by atoms with Crippen LogP contribution in [-0.2, 0) is 0 Å². The second-order valence-electron chi connectivity index (χ2n) is 4.17. The Bertz CT molecular complexity index is 504. The molecule has 0 saturated carbocycles. The highest BCUT2D eigenvalue weighted by atomic mass is 16.1. The van der Waals surface area contributed by atoms with Crippen molar-refractivity contribution in [1.82, 2.24) is 20.1 Å². The van der Waals surface area contributed by atoms with E-state index in [0.717, 1.165) is 12.1 Å². The van der Waals surface area contributed by atoms with Crippen LogP contribution in [0.3, 0.4) is 0 Å². The van der Waals surface area contributed by atoms with Gasteiger partial charge in [-0.25, -0.2) is 9.67 Å². The van der Waals surface area contributed by atoms with Gasteiger partial charge in [0.1, 0.15) is 12.7 Å². The van der Waals surface area contributed by atoms with Crippen LogP contribution in [0.1, 0.15) is 30.6 Å². The van der Waals surface area contributed by atoms with Crippen molar-refractivity contribution in [1.29, 1.82) is 0 Å². The van der Waals surface area contributed by atoms with Gasteiger partial charge in [-0.1, -0.05) is 6.92 Å². The standard InChI is InChI=1S/C13H16N4O/c1-3-10(2)16-13(18)11-4-6-12(7-5-11)17-9-14-8-15-17/h4-10H,3H2,1-2H3,(H,16,18)/t10-/m0/s1. The van der Waals surface area contributed by atoms with E-state index < -0.39 is 0 Å². The Morgan fingerprint density at radius 3 is 2.67 bits per heavy atom. The third-order valence-corrected chi connectivity index (χ3v) is 2.80. The number of benzene rings is 1. The molecule has 0 unspecified atom stereocenters. The van der Waals surface area contributed by atoms with Crippen LogP contribution >= 0.6 is 0 Å². The number of hydrogen-bond acceptors (Lipinski definition) is 3. The Kier molecular flexibility index (Phi) is 3.72. The molecule has 1 N–H and O–H groups in total. The minimum Gasteiger partial charge on any atom is -0.350 e. The van der Waals surface area contributed by atoms with Crippen LogP contribution in [0.25, 0.3) is 5.69 Å². The molecular weight excluding hydrogens is 228 g/mol. The number of nitrogens with zero attached hydrogens (tertiary/aromatic N) is 3. The van der Waals surface area contributed by atoms with Gasteiger partial charge in [-0.2, -0.15) is 5.10 Å². The maximum Gasteiger partial charge on any atom is 0.251 e. The normalized spacial score (nSPS) is 12.1. The molecule has 2 rings (SSSR count). The summed E-state index contributed by atoms with van der Waals surface area (Å²) in [6, 6.07) is 7.46. The molecule has 1 heterocycles. The first-order valence-corrected chi connectivity index (χ1v) is 5.96. The van der Waals surface area contributed by atoms with Crippen molar-refractivity contribution < 1.29 is 4.79 Å². The Morgan fingerprint density at radius 1 is 1.39 bits per heavy atom. The van der Waals surface area contributed by atoms with E-state index in [2.05, 4.69) is 15.4 Å². The molecule has 0 saturated heterocycles. The molecule has 0 fully saturated rings. The lowest BCUT2D eigenvalue weighted by molar-refractivity contribution is 0.0939. The van der Waals surface area contributed by atoms with Gasteiger partial charge >= 0.3 is 0 Å². The van der Waals surface area contributed by atoms with Crippen molar-refractivity contribution in [2.75, 3.05) is 0 Å². The SMILES string of the molecule is CC[C@H](C)NC(=O)c1ccc(-n2cncn2)cc1. The predicted molar refractivity (Wildman–Crippen MR) is 68.6 cm³/mol. The summed E-state index contributed by atoms with van der Waals surface area (Å²) in [6.45, 7) is 4.03. The van der Waals surface area contributed by atoms with Crippen LogP contribution < -0.4 is 5.32 Å². The Hall–Kier alpha value is -2.17. The first-order valence-electron chi connectivity index (χ1n) is 5.96. The van der Waals surface area contributed by atoms with E-state index in [1.54, 1.807) is 23.1 Å². The van der Waals surface area contributed by atoms with Gasteiger partial charge in [-0.3, -0.25) is 4.79 Å². The van der Waals surface area contributed by atoms with E-state index in [0.29, 0.717) is 5.56 Å². The van der Waals surface area contributed by atoms with Crippen LogP contribution in [0, 0.1) is 0 Å². The van der Waals surface area contributed by atoms with Crippen molar-refractivity contribution in [2.24, 2.45) is 0 Å². The summed E-state index contributed by atoms with van der Waals surface area (Å²) >= 11 is 0. The molecule has 1 amide bonds. The van der Waals surface area contributed by atoms with Crippen LogP contribution in [0.5, 0.6) is 0 Å². The number of aromatic nitrogens is 3. The smallest absolute Gasteiger partial charge is 0.251 e. The third kappa shape index (κ3) is 2.74. The summed E-state index contributed by atoms with van der Waals surface area (Å²) in [4.78, 5) is 15.7. The van der Waals surface area contributed by atoms with E-state index in [9.17, 15) is 4.79 Å². The second kappa shape index (κ2) is 5.44. The Labute approximate surface area is 106 Å². The van der Waals surface area contributed by atoms with Gasteiger partial charge in [0.2, 0.25) is 0 Å². The van der Waals surface area contributed by atoms with E-state index in [4.69, 9.17) is 0 Å². The van der Waals surface area contributed by atoms with Crippen molar-refractivity contribution in [3.63, 3.8) is 0 Å². The maximum absolute atomic E-state index is 11.9. The Morgan fingerprint density at radius 2 is 2.11 bits per heavy atom. The predicted octanol–water partition coefficient (Wildman–Crippen LogP) is 1.80. The first kappa shape index (κ1) is 12.3. The maximum atomic E-state index is 11.9. The summed E-state index contributed by atoms with van der Waals surface area (Å²) < 4.78 is 1.65. The molecule has 2 aromatic rings. The zero-order chi connectivity index (χ0) is 13.0. The third-order valence-electron chi connectivity index (χ3n) is 2.80. The molecule has 0 aliphatic carbocycles. The van der Waals surface area contributed by atoms with Gasteiger partial charge in [-0.05, 0) is 37.6 Å². The topological polar surface area (TPSA) is 59.8 Å². The van der Waals surface area contributed by atoms with Gasteiger partial charge in [0, 0.05) is 11.6 Å². The molecule has 0 bridgehead atoms. The molecular formula is C13H16N4O. The van der Waals surface area contributed by atoms with Gasteiger partial charge in [0.25, 0.3) is 5.91 Å². The summed E-state index contributed by atoms with van der Waals surface area (Å²) in [7, 11) is 0. The second-order valence-corrected chi connectivity index (χ2v) is 4.17. The Balaban J connectivity index is 2.10. The average Bonchev–Trinajstić information content (AvgIpc) is 2.92. The molecule has 5 nitrogen and oxygen atoms in total. The lowest BCUT2D eigenvalue weighted by Gasteiger charge is -2.11. The van der Waals surface area contributed by atoms with E-state index in [-0.39, 0.29) is 11.9 Å². The fraction of sp³-hybridized carbons (Fsp3) is 0.308. The summed E-state index contributed by atoms with van der Waals surface area (Å²) in [5.41, 5.74) is 1.53. The number of rotatable bonds is 4. The summed E-state index contributed by atoms with van der Waals surface area (Å²) in [5, 5.41) is 6.95. The molecule has 1 aromatic heterocycles. The number of carbonyl (C=O) groups excluding carboxylic acids is 1. The molecule has 0 aliphatic heterocycles. The molecule has 0 aliphatic rings. The zero-order valence-corrected chi connectivity index (χ0v) is 10.5. The average molecular weight is 244 g/mol. The minimum atomic E-state index is -0.0468. The van der Waals surface area contributed by atoms with Crippen LogP contribution in [0.4, 0.5) is 0 Å². The molecule has 5 heteroatoms. The van der Waals surface area contributed by atoms with Crippen molar-refractivity contribution >= 4 is 5.91 Å². The summed E-state index contributed by atoms with van der Waals surface area (Å²) in [5.74, 6) is -0.0468. The fourth-order valence-corrected chi connectivity index (χ4v) is 1.52. The van der Waals surface area contributed by atoms with E-state index in [1.807, 2.05) is 26.0 Å². The molecule has 18 heavy (non-hydrogen) atoms. The number of carbonyl (C=O) groups is 1. The monoisotopic (exact) mass is 244 g/mol. The fourth-order valence-electron chi connectivity index (χ4n) is 1.52. The zero-order valence-electron chi connectivity index (χ0n) is 10.5. The number of amides is 1. The molecule has 0 radical (unpaired) electrons.